The molecule has 152 valence electrons. The Kier molecular flexibility index (Phi) is 6.60. The Morgan fingerprint density at radius 2 is 1.83 bits per heavy atom. The van der Waals surface area contributed by atoms with Crippen molar-refractivity contribution in [1.29, 1.82) is 5.26 Å². The summed E-state index contributed by atoms with van der Waals surface area (Å²) < 4.78 is 6.66. The van der Waals surface area contributed by atoms with Crippen LogP contribution in [0, 0.1) is 18.3 Å². The Balaban J connectivity index is 1.80. The molecule has 0 spiro atoms. The van der Waals surface area contributed by atoms with Gasteiger partial charge < -0.3 is 9.64 Å². The van der Waals surface area contributed by atoms with Gasteiger partial charge in [-0.3, -0.25) is 4.79 Å². The van der Waals surface area contributed by atoms with E-state index in [0.717, 1.165) is 11.3 Å². The molecule has 0 aliphatic rings. The van der Waals surface area contributed by atoms with E-state index in [1.165, 1.54) is 11.1 Å². The molecule has 30 heavy (non-hydrogen) atoms. The number of hydrogen-bond donors (Lipinski definition) is 0. The first kappa shape index (κ1) is 20.8. The molecule has 7 nitrogen and oxygen atoms in total. The van der Waals surface area contributed by atoms with Crippen LogP contribution in [0.5, 0.6) is 0 Å². The highest BCUT2D eigenvalue weighted by molar-refractivity contribution is 5.94. The molecule has 3 rings (SSSR count). The van der Waals surface area contributed by atoms with Crippen molar-refractivity contribution in [2.75, 3.05) is 13.2 Å². The standard InChI is InChI=1S/C23H22N4O3/c1-3-30-23(29)21-15-25-27(17(21)2)20-11-9-19(10-12-20)22(28)26(14-13-24)16-18-7-5-4-6-8-18/h4-12,15H,3,14,16H2,1-2H3. The van der Waals surface area contributed by atoms with Crippen LogP contribution in [0.1, 0.15) is 38.9 Å². The SMILES string of the molecule is CCOC(=O)c1cnn(-c2ccc(C(=O)N(CC#N)Cc3ccccc3)cc2)c1C. The van der Waals surface area contributed by atoms with E-state index in [0.29, 0.717) is 30.0 Å². The molecule has 0 bridgehead atoms. The van der Waals surface area contributed by atoms with Crippen LogP contribution in [0.4, 0.5) is 0 Å². The van der Waals surface area contributed by atoms with Crippen LogP contribution in [-0.4, -0.2) is 39.7 Å². The second-order valence-electron chi connectivity index (χ2n) is 6.63. The van der Waals surface area contributed by atoms with Crippen molar-refractivity contribution >= 4 is 11.9 Å². The third-order valence-electron chi connectivity index (χ3n) is 4.63. The third-order valence-corrected chi connectivity index (χ3v) is 4.63. The van der Waals surface area contributed by atoms with Crippen molar-refractivity contribution in [3.05, 3.63) is 83.2 Å². The Hall–Kier alpha value is -3.92. The molecule has 0 fully saturated rings. The lowest BCUT2D eigenvalue weighted by Crippen LogP contribution is -2.30. The summed E-state index contributed by atoms with van der Waals surface area (Å²) in [5.74, 6) is -0.641. The first-order valence-electron chi connectivity index (χ1n) is 9.57. The number of nitrogens with zero attached hydrogens (tertiary/aromatic N) is 4. The molecule has 7 heteroatoms. The highest BCUT2D eigenvalue weighted by atomic mass is 16.5. The number of nitriles is 1. The number of amides is 1. The highest BCUT2D eigenvalue weighted by Gasteiger charge is 2.18. The number of aromatic nitrogens is 2. The molecule has 1 aromatic heterocycles. The van der Waals surface area contributed by atoms with Crippen molar-refractivity contribution in [3.63, 3.8) is 0 Å². The number of carbonyl (C=O) groups is 2. The van der Waals surface area contributed by atoms with E-state index in [2.05, 4.69) is 11.2 Å². The fraction of sp³-hybridized carbons (Fsp3) is 0.217. The maximum atomic E-state index is 12.9. The summed E-state index contributed by atoms with van der Waals surface area (Å²) in [6.45, 7) is 4.18. The lowest BCUT2D eigenvalue weighted by molar-refractivity contribution is 0.0525. The minimum atomic E-state index is -0.416. The van der Waals surface area contributed by atoms with Gasteiger partial charge >= 0.3 is 5.97 Å². The van der Waals surface area contributed by atoms with E-state index in [1.54, 1.807) is 42.8 Å². The molecule has 1 amide bonds. The van der Waals surface area contributed by atoms with Crippen LogP contribution >= 0.6 is 0 Å². The van der Waals surface area contributed by atoms with E-state index in [9.17, 15) is 9.59 Å². The van der Waals surface area contributed by atoms with Crippen LogP contribution in [-0.2, 0) is 11.3 Å². The zero-order valence-electron chi connectivity index (χ0n) is 16.9. The smallest absolute Gasteiger partial charge is 0.341 e. The van der Waals surface area contributed by atoms with Crippen LogP contribution in [0.2, 0.25) is 0 Å². The van der Waals surface area contributed by atoms with Crippen molar-refractivity contribution in [1.82, 2.24) is 14.7 Å². The van der Waals surface area contributed by atoms with E-state index in [-0.39, 0.29) is 12.5 Å². The molecule has 0 atom stereocenters. The number of carbonyl (C=O) groups excluding carboxylic acids is 2. The predicted molar refractivity (Wildman–Crippen MR) is 111 cm³/mol. The summed E-state index contributed by atoms with van der Waals surface area (Å²) in [4.78, 5) is 26.4. The molecule has 0 aliphatic heterocycles. The summed E-state index contributed by atoms with van der Waals surface area (Å²) in [5, 5.41) is 13.4. The summed E-state index contributed by atoms with van der Waals surface area (Å²) in [6.07, 6.45) is 1.47. The molecule has 0 radical (unpaired) electrons. The normalized spacial score (nSPS) is 10.3. The average molecular weight is 402 g/mol. The molecule has 0 saturated heterocycles. The van der Waals surface area contributed by atoms with E-state index in [4.69, 9.17) is 10.00 Å². The molecule has 0 saturated carbocycles. The number of esters is 1. The van der Waals surface area contributed by atoms with Crippen LogP contribution in [0.3, 0.4) is 0 Å². The van der Waals surface area contributed by atoms with Crippen LogP contribution in [0.15, 0.2) is 60.8 Å². The first-order chi connectivity index (χ1) is 14.5. The molecular weight excluding hydrogens is 380 g/mol. The van der Waals surface area contributed by atoms with Crippen molar-refractivity contribution in [3.8, 4) is 11.8 Å². The minimum absolute atomic E-state index is 0.00333. The predicted octanol–water partition coefficient (Wildman–Crippen LogP) is 3.52. The Labute approximate surface area is 175 Å². The zero-order chi connectivity index (χ0) is 21.5. The van der Waals surface area contributed by atoms with E-state index < -0.39 is 5.97 Å². The molecule has 1 heterocycles. The molecule has 0 aliphatic carbocycles. The fourth-order valence-corrected chi connectivity index (χ4v) is 3.10. The second-order valence-corrected chi connectivity index (χ2v) is 6.63. The fourth-order valence-electron chi connectivity index (χ4n) is 3.10. The van der Waals surface area contributed by atoms with Gasteiger partial charge in [-0.2, -0.15) is 10.4 Å². The minimum Gasteiger partial charge on any atom is -0.462 e. The second kappa shape index (κ2) is 9.52. The topological polar surface area (TPSA) is 88.2 Å². The Morgan fingerprint density at radius 1 is 1.13 bits per heavy atom. The molecule has 0 unspecified atom stereocenters. The lowest BCUT2D eigenvalue weighted by atomic mass is 10.1. The number of hydrogen-bond acceptors (Lipinski definition) is 5. The van der Waals surface area contributed by atoms with Gasteiger partial charge in [0.2, 0.25) is 0 Å². The largest absolute Gasteiger partial charge is 0.462 e. The van der Waals surface area contributed by atoms with Gasteiger partial charge in [0.25, 0.3) is 5.91 Å². The van der Waals surface area contributed by atoms with Gasteiger partial charge in [0.15, 0.2) is 0 Å². The molecule has 3 aromatic rings. The zero-order valence-corrected chi connectivity index (χ0v) is 16.9. The maximum Gasteiger partial charge on any atom is 0.341 e. The van der Waals surface area contributed by atoms with Crippen molar-refractivity contribution < 1.29 is 14.3 Å². The van der Waals surface area contributed by atoms with E-state index in [1.807, 2.05) is 30.3 Å². The quantitative estimate of drug-likeness (QED) is 0.446. The third kappa shape index (κ3) is 4.55. The number of ether oxygens (including phenoxy) is 1. The van der Waals surface area contributed by atoms with E-state index >= 15 is 0 Å². The van der Waals surface area contributed by atoms with Gasteiger partial charge in [0.05, 0.1) is 30.3 Å². The molecular formula is C23H22N4O3. The summed E-state index contributed by atoms with van der Waals surface area (Å²) in [7, 11) is 0. The summed E-state index contributed by atoms with van der Waals surface area (Å²) >= 11 is 0. The van der Waals surface area contributed by atoms with Gasteiger partial charge in [-0.25, -0.2) is 9.48 Å². The summed E-state index contributed by atoms with van der Waals surface area (Å²) in [5.41, 5.74) is 3.20. The average Bonchev–Trinajstić information content (AvgIpc) is 3.15. The van der Waals surface area contributed by atoms with Gasteiger partial charge in [0.1, 0.15) is 12.1 Å². The maximum absolute atomic E-state index is 12.9. The Morgan fingerprint density at radius 3 is 2.47 bits per heavy atom. The number of rotatable bonds is 7. The van der Waals surface area contributed by atoms with Crippen LogP contribution in [0.25, 0.3) is 5.69 Å². The monoisotopic (exact) mass is 402 g/mol. The highest BCUT2D eigenvalue weighted by Crippen LogP contribution is 2.17. The van der Waals surface area contributed by atoms with Crippen LogP contribution < -0.4 is 0 Å². The van der Waals surface area contributed by atoms with Crippen molar-refractivity contribution in [2.45, 2.75) is 20.4 Å². The molecule has 2 aromatic carbocycles. The number of benzene rings is 2. The van der Waals surface area contributed by atoms with Gasteiger partial charge in [-0.05, 0) is 43.7 Å². The summed E-state index contributed by atoms with van der Waals surface area (Å²) in [6, 6.07) is 18.5. The molecule has 0 N–H and O–H groups in total. The lowest BCUT2D eigenvalue weighted by Gasteiger charge is -2.20. The van der Waals surface area contributed by atoms with Gasteiger partial charge in [0, 0.05) is 12.1 Å². The van der Waals surface area contributed by atoms with Crippen molar-refractivity contribution in [2.24, 2.45) is 0 Å². The first-order valence-corrected chi connectivity index (χ1v) is 9.57. The Bertz CT molecular complexity index is 1070. The van der Waals surface area contributed by atoms with Gasteiger partial charge in [-0.1, -0.05) is 30.3 Å². The van der Waals surface area contributed by atoms with Gasteiger partial charge in [-0.15, -0.1) is 0 Å².